The van der Waals surface area contributed by atoms with Crippen LogP contribution in [-0.2, 0) is 4.79 Å². The predicted octanol–water partition coefficient (Wildman–Crippen LogP) is 5.44. The maximum Gasteiger partial charge on any atom is 0.255 e. The summed E-state index contributed by atoms with van der Waals surface area (Å²) in [6.07, 6.45) is 3.91. The number of hydrogen-bond donors (Lipinski definition) is 1. The molecule has 2 aromatic carbocycles. The molecule has 5 rings (SSSR count). The van der Waals surface area contributed by atoms with Crippen molar-refractivity contribution in [1.29, 1.82) is 0 Å². The zero-order chi connectivity index (χ0) is 26.1. The van der Waals surface area contributed by atoms with Crippen LogP contribution in [0.2, 0.25) is 0 Å². The first-order valence-corrected chi connectivity index (χ1v) is 12.5. The van der Waals surface area contributed by atoms with Gasteiger partial charge in [-0.25, -0.2) is 13.8 Å². The van der Waals surface area contributed by atoms with Gasteiger partial charge in [0.1, 0.15) is 0 Å². The molecule has 1 saturated carbocycles. The molecular formula is C29H29F2N3O3. The minimum atomic E-state index is -0.887. The molecular weight excluding hydrogens is 476 g/mol. The van der Waals surface area contributed by atoms with Crippen LogP contribution in [0, 0.1) is 24.5 Å². The van der Waals surface area contributed by atoms with Crippen molar-refractivity contribution in [3.63, 3.8) is 0 Å². The normalized spacial score (nSPS) is 19.4. The van der Waals surface area contributed by atoms with Crippen molar-refractivity contribution in [1.82, 2.24) is 9.88 Å². The highest BCUT2D eigenvalue weighted by molar-refractivity contribution is 5.95. The number of carbonyl (C=O) groups excluding carboxylic acids is 2. The van der Waals surface area contributed by atoms with E-state index in [1.807, 2.05) is 42.2 Å². The van der Waals surface area contributed by atoms with Gasteiger partial charge in [-0.3, -0.25) is 9.59 Å². The van der Waals surface area contributed by atoms with Crippen LogP contribution < -0.4 is 10.1 Å². The number of halogens is 2. The van der Waals surface area contributed by atoms with Gasteiger partial charge in [0.25, 0.3) is 5.91 Å². The molecule has 0 bridgehead atoms. The van der Waals surface area contributed by atoms with E-state index in [0.29, 0.717) is 48.1 Å². The topological polar surface area (TPSA) is 71.5 Å². The second-order valence-corrected chi connectivity index (χ2v) is 9.85. The van der Waals surface area contributed by atoms with E-state index in [0.717, 1.165) is 24.5 Å². The van der Waals surface area contributed by atoms with E-state index in [4.69, 9.17) is 4.74 Å². The first-order chi connectivity index (χ1) is 17.8. The second-order valence-electron chi connectivity index (χ2n) is 9.85. The predicted molar refractivity (Wildman–Crippen MR) is 136 cm³/mol. The smallest absolute Gasteiger partial charge is 0.255 e. The molecule has 37 heavy (non-hydrogen) atoms. The Bertz CT molecular complexity index is 1320. The lowest BCUT2D eigenvalue weighted by molar-refractivity contribution is -0.117. The van der Waals surface area contributed by atoms with Crippen molar-refractivity contribution in [2.75, 3.05) is 25.5 Å². The number of benzene rings is 2. The van der Waals surface area contributed by atoms with Crippen molar-refractivity contribution in [3.8, 4) is 5.88 Å². The fourth-order valence-corrected chi connectivity index (χ4v) is 5.16. The second kappa shape index (κ2) is 10.3. The summed E-state index contributed by atoms with van der Waals surface area (Å²) in [4.78, 5) is 31.6. The molecule has 6 nitrogen and oxygen atoms in total. The van der Waals surface area contributed by atoms with Gasteiger partial charge >= 0.3 is 0 Å². The Hall–Kier alpha value is -3.81. The Morgan fingerprint density at radius 1 is 1.00 bits per heavy atom. The molecule has 1 aliphatic carbocycles. The average Bonchev–Trinajstić information content (AvgIpc) is 3.72. The van der Waals surface area contributed by atoms with E-state index in [1.54, 1.807) is 19.4 Å². The van der Waals surface area contributed by atoms with Crippen LogP contribution in [0.1, 0.15) is 58.1 Å². The first kappa shape index (κ1) is 24.9. The van der Waals surface area contributed by atoms with Gasteiger partial charge in [0.15, 0.2) is 11.6 Å². The number of hydrogen-bond acceptors (Lipinski definition) is 4. The van der Waals surface area contributed by atoms with Gasteiger partial charge in [0, 0.05) is 36.5 Å². The maximum atomic E-state index is 13.5. The van der Waals surface area contributed by atoms with E-state index >= 15 is 0 Å². The number of nitrogens with zero attached hydrogens (tertiary/aromatic N) is 2. The number of nitrogens with one attached hydrogen (secondary N) is 1. The zero-order valence-electron chi connectivity index (χ0n) is 20.8. The molecule has 0 radical (unpaired) electrons. The molecule has 3 aromatic rings. The van der Waals surface area contributed by atoms with Crippen LogP contribution in [0.4, 0.5) is 14.5 Å². The highest BCUT2D eigenvalue weighted by Crippen LogP contribution is 2.48. The minimum absolute atomic E-state index is 0.0171. The summed E-state index contributed by atoms with van der Waals surface area (Å²) >= 11 is 0. The average molecular weight is 506 g/mol. The monoisotopic (exact) mass is 505 g/mol. The summed E-state index contributed by atoms with van der Waals surface area (Å²) in [5.74, 6) is -1.36. The van der Waals surface area contributed by atoms with Gasteiger partial charge in [-0.05, 0) is 79.5 Å². The number of aryl methyl sites for hydroxylation is 1. The Labute approximate surface area is 214 Å². The molecule has 0 spiro atoms. The summed E-state index contributed by atoms with van der Waals surface area (Å²) < 4.78 is 31.9. The van der Waals surface area contributed by atoms with Gasteiger partial charge in [0.2, 0.25) is 11.8 Å². The van der Waals surface area contributed by atoms with Crippen LogP contribution >= 0.6 is 0 Å². The van der Waals surface area contributed by atoms with Crippen LogP contribution in [0.25, 0.3) is 0 Å². The summed E-state index contributed by atoms with van der Waals surface area (Å²) in [6, 6.07) is 13.5. The third-order valence-electron chi connectivity index (χ3n) is 7.40. The number of piperidine rings is 1. The first-order valence-electron chi connectivity index (χ1n) is 12.5. The molecule has 2 unspecified atom stereocenters. The van der Waals surface area contributed by atoms with Gasteiger partial charge in [-0.2, -0.15) is 0 Å². The Morgan fingerprint density at radius 3 is 2.35 bits per heavy atom. The number of anilines is 1. The molecule has 2 atom stereocenters. The van der Waals surface area contributed by atoms with Crippen LogP contribution in [0.5, 0.6) is 5.88 Å². The molecule has 1 aliphatic heterocycles. The summed E-state index contributed by atoms with van der Waals surface area (Å²) in [5, 5.41) is 2.94. The summed E-state index contributed by atoms with van der Waals surface area (Å²) in [6.45, 7) is 3.21. The third-order valence-corrected chi connectivity index (χ3v) is 7.40. The standard InChI is InChI=1S/C29H29F2N3O3/c1-17-13-21(16-32-28(17)37-2)29(36)34-11-9-19(10-12-34)18-3-6-22(7-4-18)33-27(35)24-15-23(24)20-5-8-25(30)26(31)14-20/h3-8,13-14,16,19,23-24H,9-12,15H2,1-2H3,(H,33,35). The minimum Gasteiger partial charge on any atom is -0.481 e. The number of ether oxygens (including phenoxy) is 1. The van der Waals surface area contributed by atoms with Gasteiger partial charge in [0.05, 0.1) is 12.7 Å². The van der Waals surface area contributed by atoms with Crippen molar-refractivity contribution >= 4 is 17.5 Å². The lowest BCUT2D eigenvalue weighted by atomic mass is 9.89. The van der Waals surface area contributed by atoms with Crippen molar-refractivity contribution in [2.45, 2.75) is 38.0 Å². The number of pyridine rings is 1. The van der Waals surface area contributed by atoms with Crippen molar-refractivity contribution in [3.05, 3.63) is 88.6 Å². The van der Waals surface area contributed by atoms with Gasteiger partial charge in [-0.15, -0.1) is 0 Å². The lowest BCUT2D eigenvalue weighted by Crippen LogP contribution is -2.38. The molecule has 2 aliphatic rings. The highest BCUT2D eigenvalue weighted by Gasteiger charge is 2.44. The zero-order valence-corrected chi connectivity index (χ0v) is 20.8. The third kappa shape index (κ3) is 5.33. The largest absolute Gasteiger partial charge is 0.481 e. The van der Waals surface area contributed by atoms with Crippen LogP contribution in [0.3, 0.4) is 0 Å². The van der Waals surface area contributed by atoms with E-state index in [2.05, 4.69) is 10.3 Å². The number of methoxy groups -OCH3 is 1. The summed E-state index contributed by atoms with van der Waals surface area (Å²) in [7, 11) is 1.56. The van der Waals surface area contributed by atoms with Crippen LogP contribution in [-0.4, -0.2) is 41.9 Å². The number of carbonyl (C=O) groups is 2. The van der Waals surface area contributed by atoms with Gasteiger partial charge in [-0.1, -0.05) is 18.2 Å². The van der Waals surface area contributed by atoms with E-state index in [1.165, 1.54) is 11.6 Å². The number of rotatable bonds is 6. The quantitative estimate of drug-likeness (QED) is 0.484. The fraction of sp³-hybridized carbons (Fsp3) is 0.345. The fourth-order valence-electron chi connectivity index (χ4n) is 5.16. The van der Waals surface area contributed by atoms with Crippen LogP contribution in [0.15, 0.2) is 54.7 Å². The molecule has 2 heterocycles. The van der Waals surface area contributed by atoms with E-state index in [9.17, 15) is 18.4 Å². The van der Waals surface area contributed by atoms with Gasteiger partial charge < -0.3 is 15.0 Å². The Balaban J connectivity index is 1.13. The summed E-state index contributed by atoms with van der Waals surface area (Å²) in [5.41, 5.74) is 3.94. The number of amides is 2. The molecule has 8 heteroatoms. The van der Waals surface area contributed by atoms with Crippen molar-refractivity contribution < 1.29 is 23.1 Å². The lowest BCUT2D eigenvalue weighted by Gasteiger charge is -2.32. The molecule has 1 saturated heterocycles. The molecule has 192 valence electrons. The molecule has 1 aromatic heterocycles. The number of aromatic nitrogens is 1. The molecule has 1 N–H and O–H groups in total. The highest BCUT2D eigenvalue weighted by atomic mass is 19.2. The van der Waals surface area contributed by atoms with E-state index in [-0.39, 0.29) is 23.7 Å². The Morgan fingerprint density at radius 2 is 1.70 bits per heavy atom. The van der Waals surface area contributed by atoms with Crippen molar-refractivity contribution in [2.24, 2.45) is 5.92 Å². The molecule has 2 amide bonds. The Kier molecular flexibility index (Phi) is 6.91. The maximum absolute atomic E-state index is 13.5. The molecule has 2 fully saturated rings. The van der Waals surface area contributed by atoms with E-state index < -0.39 is 11.6 Å². The number of likely N-dealkylation sites (tertiary alicyclic amines) is 1. The SMILES string of the molecule is COc1ncc(C(=O)N2CCC(c3ccc(NC(=O)C4CC4c4ccc(F)c(F)c4)cc3)CC2)cc1C.